The fourth-order valence-corrected chi connectivity index (χ4v) is 3.30. The minimum Gasteiger partial charge on any atom is -0.508 e. The Bertz CT molecular complexity index is 480. The van der Waals surface area contributed by atoms with Crippen molar-refractivity contribution in [3.63, 3.8) is 0 Å². The third-order valence-electron chi connectivity index (χ3n) is 4.14. The maximum Gasteiger partial charge on any atom is 0.131 e. The van der Waals surface area contributed by atoms with Crippen molar-refractivity contribution in [3.05, 3.63) is 17.7 Å². The van der Waals surface area contributed by atoms with E-state index in [0.29, 0.717) is 11.5 Å². The zero-order chi connectivity index (χ0) is 16.3. The highest BCUT2D eigenvalue weighted by Gasteiger charge is 2.36. The second kappa shape index (κ2) is 6.75. The smallest absolute Gasteiger partial charge is 0.131 e. The van der Waals surface area contributed by atoms with Gasteiger partial charge in [-0.3, -0.25) is 4.90 Å². The summed E-state index contributed by atoms with van der Waals surface area (Å²) in [7, 11) is 3.27. The molecule has 1 aromatic carbocycles. The Morgan fingerprint density at radius 2 is 1.59 bits per heavy atom. The first kappa shape index (κ1) is 16.9. The summed E-state index contributed by atoms with van der Waals surface area (Å²) in [5.41, 5.74) is 1.02. The average molecular weight is 308 g/mol. The molecule has 0 radical (unpaired) electrons. The largest absolute Gasteiger partial charge is 0.508 e. The molecule has 22 heavy (non-hydrogen) atoms. The second-order valence-electron chi connectivity index (χ2n) is 6.82. The van der Waals surface area contributed by atoms with Crippen LogP contribution in [0.3, 0.4) is 0 Å². The van der Waals surface area contributed by atoms with Crippen molar-refractivity contribution >= 4 is 0 Å². The van der Waals surface area contributed by atoms with Crippen molar-refractivity contribution in [2.75, 3.05) is 40.4 Å². The zero-order valence-corrected chi connectivity index (χ0v) is 14.3. The predicted molar refractivity (Wildman–Crippen MR) is 87.8 cm³/mol. The number of nitrogens with one attached hydrogen (secondary N) is 1. The number of ether oxygens (including phenoxy) is 2. The molecule has 2 rings (SSSR count). The van der Waals surface area contributed by atoms with Crippen molar-refractivity contribution in [3.8, 4) is 17.2 Å². The van der Waals surface area contributed by atoms with Crippen LogP contribution in [0.5, 0.6) is 17.2 Å². The molecule has 0 unspecified atom stereocenters. The monoisotopic (exact) mass is 308 g/mol. The van der Waals surface area contributed by atoms with Crippen molar-refractivity contribution in [2.24, 2.45) is 5.41 Å². The number of hydrogen-bond donors (Lipinski definition) is 2. The molecule has 1 aliphatic heterocycles. The summed E-state index contributed by atoms with van der Waals surface area (Å²) in [5, 5.41) is 13.3. The van der Waals surface area contributed by atoms with Gasteiger partial charge in [-0.15, -0.1) is 0 Å². The number of benzene rings is 1. The molecular weight excluding hydrogens is 280 g/mol. The normalized spacial score (nSPS) is 18.0. The molecule has 0 spiro atoms. The van der Waals surface area contributed by atoms with Crippen LogP contribution in [0.4, 0.5) is 0 Å². The predicted octanol–water partition coefficient (Wildman–Crippen LogP) is 2.40. The minimum absolute atomic E-state index is 0.00880. The van der Waals surface area contributed by atoms with E-state index in [2.05, 4.69) is 31.0 Å². The van der Waals surface area contributed by atoms with Crippen molar-refractivity contribution in [2.45, 2.75) is 26.8 Å². The van der Waals surface area contributed by atoms with E-state index in [9.17, 15) is 5.11 Å². The van der Waals surface area contributed by atoms with Crippen molar-refractivity contribution in [1.29, 1.82) is 0 Å². The highest BCUT2D eigenvalue weighted by Crippen LogP contribution is 2.47. The van der Waals surface area contributed by atoms with Gasteiger partial charge in [0.25, 0.3) is 0 Å². The fraction of sp³-hybridized carbons (Fsp3) is 0.647. The van der Waals surface area contributed by atoms with Gasteiger partial charge in [0.1, 0.15) is 17.2 Å². The average Bonchev–Trinajstić information content (AvgIpc) is 2.48. The van der Waals surface area contributed by atoms with Gasteiger partial charge in [0.2, 0.25) is 0 Å². The Hall–Kier alpha value is -1.46. The number of piperazine rings is 1. The maximum absolute atomic E-state index is 9.89. The third-order valence-corrected chi connectivity index (χ3v) is 4.14. The number of hydrogen-bond acceptors (Lipinski definition) is 5. The van der Waals surface area contributed by atoms with Gasteiger partial charge in [-0.25, -0.2) is 0 Å². The van der Waals surface area contributed by atoms with E-state index in [4.69, 9.17) is 9.47 Å². The van der Waals surface area contributed by atoms with Crippen LogP contribution in [0.15, 0.2) is 12.1 Å². The fourth-order valence-electron chi connectivity index (χ4n) is 3.30. The summed E-state index contributed by atoms with van der Waals surface area (Å²) < 4.78 is 11.1. The van der Waals surface area contributed by atoms with E-state index >= 15 is 0 Å². The molecule has 1 saturated heterocycles. The van der Waals surface area contributed by atoms with E-state index in [-0.39, 0.29) is 17.2 Å². The Labute approximate surface area is 133 Å². The highest BCUT2D eigenvalue weighted by molar-refractivity contribution is 5.52. The summed E-state index contributed by atoms with van der Waals surface area (Å²) in [4.78, 5) is 2.47. The van der Waals surface area contributed by atoms with Crippen LogP contribution in [0.1, 0.15) is 32.4 Å². The zero-order valence-electron chi connectivity index (χ0n) is 14.3. The number of aromatic hydroxyl groups is 1. The van der Waals surface area contributed by atoms with E-state index in [1.165, 1.54) is 0 Å². The second-order valence-corrected chi connectivity index (χ2v) is 6.82. The van der Waals surface area contributed by atoms with Crippen molar-refractivity contribution < 1.29 is 14.6 Å². The third kappa shape index (κ3) is 3.47. The van der Waals surface area contributed by atoms with Crippen LogP contribution in [-0.4, -0.2) is 50.4 Å². The van der Waals surface area contributed by atoms with Crippen molar-refractivity contribution in [1.82, 2.24) is 10.2 Å². The topological polar surface area (TPSA) is 54.0 Å². The molecule has 1 atom stereocenters. The maximum atomic E-state index is 9.89. The molecule has 0 aromatic heterocycles. The SMILES string of the molecule is COc1cc(O)cc(OC)c1[C@@H](N1CCNCC1)C(C)(C)C. The van der Waals surface area contributed by atoms with Gasteiger partial charge >= 0.3 is 0 Å². The van der Waals surface area contributed by atoms with E-state index in [0.717, 1.165) is 31.7 Å². The number of methoxy groups -OCH3 is 2. The van der Waals surface area contributed by atoms with Gasteiger partial charge in [-0.1, -0.05) is 20.8 Å². The lowest BCUT2D eigenvalue weighted by molar-refractivity contribution is 0.0819. The van der Waals surface area contributed by atoms with Crippen LogP contribution in [0, 0.1) is 5.41 Å². The summed E-state index contributed by atoms with van der Waals surface area (Å²) in [6.07, 6.45) is 0. The molecule has 1 fully saturated rings. The summed E-state index contributed by atoms with van der Waals surface area (Å²) in [6.45, 7) is 10.6. The molecule has 1 heterocycles. The first-order chi connectivity index (χ1) is 10.4. The quantitative estimate of drug-likeness (QED) is 0.894. The Balaban J connectivity index is 2.55. The lowest BCUT2D eigenvalue weighted by Gasteiger charge is -2.43. The molecular formula is C17H28N2O3. The standard InChI is InChI=1S/C17H28N2O3/c1-17(2,3)16(19-8-6-18-7-9-19)15-13(21-4)10-12(20)11-14(15)22-5/h10-11,16,18,20H,6-9H2,1-5H3/t16-/m1/s1. The number of phenolic OH excluding ortho intramolecular Hbond substituents is 1. The minimum atomic E-state index is 0.00880. The molecule has 5 heteroatoms. The lowest BCUT2D eigenvalue weighted by atomic mass is 9.80. The molecule has 1 aromatic rings. The Morgan fingerprint density at radius 1 is 1.09 bits per heavy atom. The van der Waals surface area contributed by atoms with Gasteiger partial charge in [0, 0.05) is 44.4 Å². The molecule has 124 valence electrons. The van der Waals surface area contributed by atoms with Crippen LogP contribution >= 0.6 is 0 Å². The summed E-state index contributed by atoms with van der Waals surface area (Å²) >= 11 is 0. The highest BCUT2D eigenvalue weighted by atomic mass is 16.5. The lowest BCUT2D eigenvalue weighted by Crippen LogP contribution is -2.48. The number of nitrogens with zero attached hydrogens (tertiary/aromatic N) is 1. The first-order valence-electron chi connectivity index (χ1n) is 7.78. The van der Waals surface area contributed by atoms with Gasteiger partial charge in [0.15, 0.2) is 0 Å². The number of phenols is 1. The van der Waals surface area contributed by atoms with E-state index in [1.807, 2.05) is 0 Å². The Kier molecular flexibility index (Phi) is 5.19. The molecule has 2 N–H and O–H groups in total. The van der Waals surface area contributed by atoms with Gasteiger partial charge in [-0.05, 0) is 5.41 Å². The van der Waals surface area contributed by atoms with E-state index < -0.39 is 0 Å². The van der Waals surface area contributed by atoms with Gasteiger partial charge in [0.05, 0.1) is 19.8 Å². The van der Waals surface area contributed by atoms with Crippen LogP contribution in [-0.2, 0) is 0 Å². The van der Waals surface area contributed by atoms with E-state index in [1.54, 1.807) is 26.4 Å². The molecule has 0 amide bonds. The Morgan fingerprint density at radius 3 is 2.00 bits per heavy atom. The molecule has 0 saturated carbocycles. The molecule has 1 aliphatic rings. The molecule has 0 bridgehead atoms. The van der Waals surface area contributed by atoms with Crippen LogP contribution in [0.25, 0.3) is 0 Å². The molecule has 5 nitrogen and oxygen atoms in total. The summed E-state index contributed by atoms with van der Waals surface area (Å²) in [5.74, 6) is 1.51. The van der Waals surface area contributed by atoms with Gasteiger partial charge in [-0.2, -0.15) is 0 Å². The van der Waals surface area contributed by atoms with Crippen LogP contribution in [0.2, 0.25) is 0 Å². The first-order valence-corrected chi connectivity index (χ1v) is 7.78. The van der Waals surface area contributed by atoms with Gasteiger partial charge < -0.3 is 19.9 Å². The molecule has 0 aliphatic carbocycles. The summed E-state index contributed by atoms with van der Waals surface area (Å²) in [6, 6.07) is 3.48. The number of rotatable bonds is 4. The van der Waals surface area contributed by atoms with Crippen LogP contribution < -0.4 is 14.8 Å².